The molecule has 0 radical (unpaired) electrons. The van der Waals surface area contributed by atoms with Gasteiger partial charge in [-0.25, -0.2) is 0 Å². The van der Waals surface area contributed by atoms with Gasteiger partial charge in [0.15, 0.2) is 0 Å². The lowest BCUT2D eigenvalue weighted by atomic mass is 10.3. The van der Waals surface area contributed by atoms with Gasteiger partial charge in [0.2, 0.25) is 0 Å². The number of nitrogens with zero attached hydrogens (tertiary/aromatic N) is 4. The third-order valence-corrected chi connectivity index (χ3v) is 3.78. The monoisotopic (exact) mass is 284 g/mol. The maximum Gasteiger partial charge on any atom is 0.270 e. The van der Waals surface area contributed by atoms with E-state index in [2.05, 4.69) is 10.2 Å². The summed E-state index contributed by atoms with van der Waals surface area (Å²) in [7, 11) is 1.85. The van der Waals surface area contributed by atoms with Gasteiger partial charge in [-0.2, -0.15) is 0 Å². The molecule has 0 atom stereocenters. The van der Waals surface area contributed by atoms with Gasteiger partial charge in [-0.3, -0.25) is 10.1 Å². The van der Waals surface area contributed by atoms with E-state index in [9.17, 15) is 10.1 Å². The van der Waals surface area contributed by atoms with Crippen LogP contribution in [0, 0.1) is 10.1 Å². The first kappa shape index (κ1) is 12.8. The molecule has 0 bridgehead atoms. The average molecular weight is 285 g/mol. The van der Waals surface area contributed by atoms with Crippen LogP contribution in [0.3, 0.4) is 0 Å². The maximum atomic E-state index is 10.6. The van der Waals surface area contributed by atoms with Crippen LogP contribution in [0.2, 0.25) is 5.02 Å². The maximum absolute atomic E-state index is 10.6. The number of rotatable bonds is 4. The lowest BCUT2D eigenvalue weighted by Gasteiger charge is -2.03. The number of nitro groups is 1. The Bertz CT molecular complexity index is 587. The second-order valence-corrected chi connectivity index (χ2v) is 4.94. The van der Waals surface area contributed by atoms with Crippen LogP contribution in [-0.2, 0) is 12.8 Å². The molecule has 0 spiro atoms. The van der Waals surface area contributed by atoms with E-state index in [4.69, 9.17) is 11.6 Å². The van der Waals surface area contributed by atoms with Gasteiger partial charge in [-0.05, 0) is 6.07 Å². The molecule has 0 aliphatic rings. The quantitative estimate of drug-likeness (QED) is 0.490. The van der Waals surface area contributed by atoms with Crippen LogP contribution in [0.25, 0.3) is 0 Å². The third-order valence-electron chi connectivity index (χ3n) is 2.29. The zero-order chi connectivity index (χ0) is 13.1. The molecule has 0 saturated heterocycles. The molecule has 2 aromatic rings. The Kier molecular flexibility index (Phi) is 3.83. The van der Waals surface area contributed by atoms with Crippen molar-refractivity contribution in [2.24, 2.45) is 7.05 Å². The van der Waals surface area contributed by atoms with Gasteiger partial charge < -0.3 is 4.57 Å². The summed E-state index contributed by atoms with van der Waals surface area (Å²) in [6, 6.07) is 4.42. The molecule has 6 nitrogen and oxygen atoms in total. The van der Waals surface area contributed by atoms with Crippen LogP contribution in [-0.4, -0.2) is 19.7 Å². The van der Waals surface area contributed by atoms with Gasteiger partial charge in [0.25, 0.3) is 5.69 Å². The molecule has 0 aliphatic carbocycles. The molecule has 0 amide bonds. The van der Waals surface area contributed by atoms with Crippen molar-refractivity contribution >= 4 is 29.1 Å². The fraction of sp³-hybridized carbons (Fsp3) is 0.200. The number of hydrogen-bond donors (Lipinski definition) is 0. The molecule has 18 heavy (non-hydrogen) atoms. The van der Waals surface area contributed by atoms with Gasteiger partial charge in [0, 0.05) is 24.1 Å². The molecule has 2 rings (SSSR count). The van der Waals surface area contributed by atoms with E-state index in [-0.39, 0.29) is 5.69 Å². The van der Waals surface area contributed by atoms with Crippen LogP contribution in [0.4, 0.5) is 5.69 Å². The zero-order valence-corrected chi connectivity index (χ0v) is 11.0. The Labute approximate surface area is 112 Å². The number of halogens is 1. The summed E-state index contributed by atoms with van der Waals surface area (Å²) in [5.41, 5.74) is -0.0111. The van der Waals surface area contributed by atoms with Crippen molar-refractivity contribution in [3.05, 3.63) is 45.5 Å². The van der Waals surface area contributed by atoms with E-state index in [0.717, 1.165) is 10.7 Å². The highest BCUT2D eigenvalue weighted by Crippen LogP contribution is 2.31. The van der Waals surface area contributed by atoms with Crippen LogP contribution in [0.5, 0.6) is 0 Å². The minimum Gasteiger partial charge on any atom is -0.320 e. The van der Waals surface area contributed by atoms with E-state index in [1.165, 1.54) is 23.9 Å². The number of thioether (sulfide) groups is 1. The van der Waals surface area contributed by atoms with Crippen molar-refractivity contribution in [1.29, 1.82) is 0 Å². The molecule has 0 N–H and O–H groups in total. The molecular weight excluding hydrogens is 276 g/mol. The van der Waals surface area contributed by atoms with E-state index in [0.29, 0.717) is 10.8 Å². The Morgan fingerprint density at radius 3 is 2.89 bits per heavy atom. The van der Waals surface area contributed by atoms with Crippen molar-refractivity contribution in [2.75, 3.05) is 0 Å². The van der Waals surface area contributed by atoms with Crippen molar-refractivity contribution in [1.82, 2.24) is 14.8 Å². The Morgan fingerprint density at radius 1 is 1.56 bits per heavy atom. The van der Waals surface area contributed by atoms with E-state index >= 15 is 0 Å². The Morgan fingerprint density at radius 2 is 2.33 bits per heavy atom. The topological polar surface area (TPSA) is 73.8 Å². The van der Waals surface area contributed by atoms with Gasteiger partial charge in [0.05, 0.1) is 15.7 Å². The summed E-state index contributed by atoms with van der Waals surface area (Å²) in [6.07, 6.45) is 1.62. The molecule has 0 saturated carbocycles. The minimum absolute atomic E-state index is 0.0111. The van der Waals surface area contributed by atoms with Gasteiger partial charge in [-0.1, -0.05) is 11.6 Å². The lowest BCUT2D eigenvalue weighted by molar-refractivity contribution is -0.384. The highest BCUT2D eigenvalue weighted by molar-refractivity contribution is 7.98. The normalized spacial score (nSPS) is 10.6. The number of aromatic nitrogens is 3. The van der Waals surface area contributed by atoms with Crippen LogP contribution < -0.4 is 0 Å². The Balaban J connectivity index is 2.11. The molecule has 1 heterocycles. The molecule has 0 aliphatic heterocycles. The Hall–Kier alpha value is -1.60. The van der Waals surface area contributed by atoms with Crippen LogP contribution in [0.1, 0.15) is 5.82 Å². The molecule has 1 aromatic heterocycles. The number of hydrogen-bond acceptors (Lipinski definition) is 5. The van der Waals surface area contributed by atoms with E-state index < -0.39 is 4.92 Å². The summed E-state index contributed by atoms with van der Waals surface area (Å²) in [4.78, 5) is 10.9. The predicted octanol–water partition coefficient (Wildman–Crippen LogP) is 2.67. The highest BCUT2D eigenvalue weighted by Gasteiger charge is 2.10. The average Bonchev–Trinajstić information content (AvgIpc) is 2.73. The highest BCUT2D eigenvalue weighted by atomic mass is 35.5. The largest absolute Gasteiger partial charge is 0.320 e. The molecule has 0 unspecified atom stereocenters. The van der Waals surface area contributed by atoms with Crippen molar-refractivity contribution in [3.8, 4) is 0 Å². The fourth-order valence-electron chi connectivity index (χ4n) is 1.30. The SMILES string of the molecule is Cn1cnnc1CSc1ccc([N+](=O)[O-])cc1Cl. The molecule has 0 fully saturated rings. The number of aryl methyl sites for hydroxylation is 1. The fourth-order valence-corrected chi connectivity index (χ4v) is 2.55. The first-order valence-corrected chi connectivity index (χ1v) is 6.34. The second kappa shape index (κ2) is 5.36. The van der Waals surface area contributed by atoms with Crippen molar-refractivity contribution < 1.29 is 4.92 Å². The summed E-state index contributed by atoms with van der Waals surface area (Å²) in [5.74, 6) is 1.42. The second-order valence-electron chi connectivity index (χ2n) is 3.52. The van der Waals surface area contributed by atoms with Gasteiger partial charge in [-0.15, -0.1) is 22.0 Å². The summed E-state index contributed by atoms with van der Waals surface area (Å²) in [5, 5.41) is 18.7. The van der Waals surface area contributed by atoms with Gasteiger partial charge in [0.1, 0.15) is 12.2 Å². The standard InChI is InChI=1S/C10H9ClN4O2S/c1-14-6-12-13-10(14)5-18-9-3-2-7(15(16)17)4-8(9)11/h2-4,6H,5H2,1H3. The van der Waals surface area contributed by atoms with E-state index in [1.807, 2.05) is 11.6 Å². The van der Waals surface area contributed by atoms with Crippen molar-refractivity contribution in [3.63, 3.8) is 0 Å². The predicted molar refractivity (Wildman–Crippen MR) is 68.7 cm³/mol. The minimum atomic E-state index is -0.469. The summed E-state index contributed by atoms with van der Waals surface area (Å²) in [6.45, 7) is 0. The zero-order valence-electron chi connectivity index (χ0n) is 9.41. The number of nitro benzene ring substituents is 1. The molecule has 8 heteroatoms. The van der Waals surface area contributed by atoms with Crippen LogP contribution in [0.15, 0.2) is 29.4 Å². The number of benzene rings is 1. The smallest absolute Gasteiger partial charge is 0.270 e. The summed E-state index contributed by atoms with van der Waals surface area (Å²) >= 11 is 7.45. The van der Waals surface area contributed by atoms with Gasteiger partial charge >= 0.3 is 0 Å². The van der Waals surface area contributed by atoms with Crippen LogP contribution >= 0.6 is 23.4 Å². The number of non-ortho nitro benzene ring substituents is 1. The third kappa shape index (κ3) is 2.80. The summed E-state index contributed by atoms with van der Waals surface area (Å²) < 4.78 is 1.81. The van der Waals surface area contributed by atoms with E-state index in [1.54, 1.807) is 12.4 Å². The molecule has 94 valence electrons. The first-order valence-electron chi connectivity index (χ1n) is 4.97. The lowest BCUT2D eigenvalue weighted by Crippen LogP contribution is -1.94. The molecule has 1 aromatic carbocycles. The first-order chi connectivity index (χ1) is 8.58. The van der Waals surface area contributed by atoms with Crippen molar-refractivity contribution in [2.45, 2.75) is 10.6 Å². The molecular formula is C10H9ClN4O2S.